The summed E-state index contributed by atoms with van der Waals surface area (Å²) in [6.07, 6.45) is 9.61. The number of hydrogen-bond acceptors (Lipinski definition) is 2. The van der Waals surface area contributed by atoms with Gasteiger partial charge in [0.15, 0.2) is 0 Å². The minimum absolute atomic E-state index is 0.611. The number of hydrogen-bond donors (Lipinski definition) is 2. The summed E-state index contributed by atoms with van der Waals surface area (Å²) in [5.41, 5.74) is 3.00. The summed E-state index contributed by atoms with van der Waals surface area (Å²) in [7, 11) is 0. The van der Waals surface area contributed by atoms with E-state index >= 15 is 0 Å². The Morgan fingerprint density at radius 3 is 3.18 bits per heavy atom. The molecule has 1 unspecified atom stereocenters. The molecule has 0 aromatic rings. The van der Waals surface area contributed by atoms with Crippen LogP contribution in [0.2, 0.25) is 0 Å². The number of hydroxylamine groups is 1. The highest BCUT2D eigenvalue weighted by Crippen LogP contribution is 2.19. The highest BCUT2D eigenvalue weighted by molar-refractivity contribution is 5.20. The molecular weight excluding hydrogens is 138 g/mol. The van der Waals surface area contributed by atoms with Gasteiger partial charge in [0, 0.05) is 0 Å². The number of nitrogens with one attached hydrogen (secondary N) is 1. The van der Waals surface area contributed by atoms with Crippen molar-refractivity contribution < 1.29 is 5.21 Å². The van der Waals surface area contributed by atoms with Crippen molar-refractivity contribution >= 4 is 0 Å². The molecule has 1 aliphatic rings. The van der Waals surface area contributed by atoms with Crippen LogP contribution in [0.15, 0.2) is 23.9 Å². The summed E-state index contributed by atoms with van der Waals surface area (Å²) in [5, 5.41) is 8.61. The minimum atomic E-state index is 0.611. The Bertz CT molecular complexity index is 172. The van der Waals surface area contributed by atoms with Crippen molar-refractivity contribution in [1.82, 2.24) is 5.48 Å². The summed E-state index contributed by atoms with van der Waals surface area (Å²) in [6, 6.07) is 0. The molecule has 0 aromatic carbocycles. The van der Waals surface area contributed by atoms with Gasteiger partial charge in [-0.3, -0.25) is 10.7 Å². The van der Waals surface area contributed by atoms with Crippen molar-refractivity contribution in [2.45, 2.75) is 26.2 Å². The smallest absolute Gasteiger partial charge is 0.0561 e. The van der Waals surface area contributed by atoms with Crippen molar-refractivity contribution in [3.05, 3.63) is 23.9 Å². The van der Waals surface area contributed by atoms with E-state index in [1.807, 2.05) is 6.08 Å². The molecule has 0 spiro atoms. The largest absolute Gasteiger partial charge is 0.291 e. The average Bonchev–Trinajstić information content (AvgIpc) is 2.06. The van der Waals surface area contributed by atoms with Gasteiger partial charge >= 0.3 is 0 Å². The van der Waals surface area contributed by atoms with E-state index in [4.69, 9.17) is 5.21 Å². The van der Waals surface area contributed by atoms with E-state index in [9.17, 15) is 0 Å². The lowest BCUT2D eigenvalue weighted by Crippen LogP contribution is -2.10. The van der Waals surface area contributed by atoms with Gasteiger partial charge in [-0.25, -0.2) is 0 Å². The number of rotatable bonds is 3. The Labute approximate surface area is 67.6 Å². The van der Waals surface area contributed by atoms with Gasteiger partial charge in [0.1, 0.15) is 0 Å². The fourth-order valence-corrected chi connectivity index (χ4v) is 1.39. The van der Waals surface area contributed by atoms with Crippen LogP contribution >= 0.6 is 0 Å². The molecule has 2 N–H and O–H groups in total. The molecule has 0 heterocycles. The Morgan fingerprint density at radius 2 is 2.55 bits per heavy atom. The maximum Gasteiger partial charge on any atom is 0.0561 e. The zero-order valence-corrected chi connectivity index (χ0v) is 6.88. The van der Waals surface area contributed by atoms with Gasteiger partial charge in [-0.15, -0.1) is 0 Å². The molecule has 2 heteroatoms. The van der Waals surface area contributed by atoms with Crippen molar-refractivity contribution in [3.63, 3.8) is 0 Å². The van der Waals surface area contributed by atoms with Gasteiger partial charge in [0.25, 0.3) is 0 Å². The van der Waals surface area contributed by atoms with Gasteiger partial charge < -0.3 is 0 Å². The molecule has 1 aliphatic carbocycles. The second kappa shape index (κ2) is 4.19. The Kier molecular flexibility index (Phi) is 3.17. The molecule has 11 heavy (non-hydrogen) atoms. The Balaban J connectivity index is 2.47. The van der Waals surface area contributed by atoms with Crippen LogP contribution in [0.25, 0.3) is 0 Å². The van der Waals surface area contributed by atoms with E-state index < -0.39 is 0 Å². The molecule has 62 valence electrons. The van der Waals surface area contributed by atoms with Gasteiger partial charge in [-0.05, 0) is 24.8 Å². The Hall–Kier alpha value is -0.760. The lowest BCUT2D eigenvalue weighted by molar-refractivity contribution is 0.203. The van der Waals surface area contributed by atoms with E-state index in [0.29, 0.717) is 5.92 Å². The first-order valence-corrected chi connectivity index (χ1v) is 4.15. The molecule has 0 amide bonds. The molecule has 0 bridgehead atoms. The van der Waals surface area contributed by atoms with Gasteiger partial charge in [0.05, 0.1) is 5.70 Å². The summed E-state index contributed by atoms with van der Waals surface area (Å²) in [5.74, 6) is 0.611. The first-order chi connectivity index (χ1) is 5.36. The van der Waals surface area contributed by atoms with E-state index in [-0.39, 0.29) is 0 Å². The zero-order chi connectivity index (χ0) is 8.10. The fraction of sp³-hybridized carbons (Fsp3) is 0.556. The number of allylic oxidation sites excluding steroid dienone is 3. The lowest BCUT2D eigenvalue weighted by atomic mass is 9.95. The van der Waals surface area contributed by atoms with Crippen molar-refractivity contribution in [2.24, 2.45) is 5.92 Å². The summed E-state index contributed by atoms with van der Waals surface area (Å²) < 4.78 is 0. The quantitative estimate of drug-likeness (QED) is 0.609. The van der Waals surface area contributed by atoms with Crippen LogP contribution in [0, 0.1) is 5.92 Å². The third kappa shape index (κ3) is 2.39. The molecule has 1 atom stereocenters. The highest BCUT2D eigenvalue weighted by atomic mass is 16.5. The summed E-state index contributed by atoms with van der Waals surface area (Å²) in [4.78, 5) is 0. The normalized spacial score (nSPS) is 23.1. The third-order valence-corrected chi connectivity index (χ3v) is 1.94. The topological polar surface area (TPSA) is 32.3 Å². The molecular formula is C9H15NO. The third-order valence-electron chi connectivity index (χ3n) is 1.94. The molecule has 0 radical (unpaired) electrons. The molecule has 2 nitrogen and oxygen atoms in total. The van der Waals surface area contributed by atoms with Crippen LogP contribution in [-0.2, 0) is 0 Å². The van der Waals surface area contributed by atoms with Crippen LogP contribution in [-0.4, -0.2) is 5.21 Å². The van der Waals surface area contributed by atoms with Crippen LogP contribution < -0.4 is 5.48 Å². The van der Waals surface area contributed by atoms with Crippen molar-refractivity contribution in [3.8, 4) is 0 Å². The van der Waals surface area contributed by atoms with Gasteiger partial charge in [-0.2, -0.15) is 0 Å². The van der Waals surface area contributed by atoms with Crippen LogP contribution in [0.1, 0.15) is 26.2 Å². The van der Waals surface area contributed by atoms with E-state index in [1.165, 1.54) is 12.8 Å². The van der Waals surface area contributed by atoms with Crippen LogP contribution in [0.4, 0.5) is 0 Å². The second-order valence-electron chi connectivity index (χ2n) is 2.92. The van der Waals surface area contributed by atoms with Crippen LogP contribution in [0.5, 0.6) is 0 Å². The molecule has 0 aromatic heterocycles. The molecule has 0 saturated heterocycles. The van der Waals surface area contributed by atoms with Crippen LogP contribution in [0.3, 0.4) is 0 Å². The summed E-state index contributed by atoms with van der Waals surface area (Å²) in [6.45, 7) is 2.18. The lowest BCUT2D eigenvalue weighted by Gasteiger charge is -2.14. The molecule has 0 aliphatic heterocycles. The zero-order valence-electron chi connectivity index (χ0n) is 6.88. The van der Waals surface area contributed by atoms with Gasteiger partial charge in [-0.1, -0.05) is 25.5 Å². The summed E-state index contributed by atoms with van der Waals surface area (Å²) >= 11 is 0. The van der Waals surface area contributed by atoms with E-state index in [2.05, 4.69) is 24.6 Å². The van der Waals surface area contributed by atoms with E-state index in [0.717, 1.165) is 12.1 Å². The standard InChI is InChI=1S/C9H15NO/c1-2-4-8-5-3-6-9(7-8)10-11/h3,6-8,10-11H,2,4-5H2,1H3. The maximum atomic E-state index is 8.61. The predicted molar refractivity (Wildman–Crippen MR) is 45.2 cm³/mol. The predicted octanol–water partition coefficient (Wildman–Crippen LogP) is 2.23. The monoisotopic (exact) mass is 153 g/mol. The van der Waals surface area contributed by atoms with E-state index in [1.54, 1.807) is 0 Å². The maximum absolute atomic E-state index is 8.61. The SMILES string of the molecule is CCCC1C=C(NO)C=CC1. The van der Waals surface area contributed by atoms with Gasteiger partial charge in [0.2, 0.25) is 0 Å². The highest BCUT2D eigenvalue weighted by Gasteiger charge is 2.06. The molecule has 0 saturated carbocycles. The van der Waals surface area contributed by atoms with Crippen molar-refractivity contribution in [1.29, 1.82) is 0 Å². The minimum Gasteiger partial charge on any atom is -0.291 e. The van der Waals surface area contributed by atoms with Crippen molar-refractivity contribution in [2.75, 3.05) is 0 Å². The second-order valence-corrected chi connectivity index (χ2v) is 2.92. The first kappa shape index (κ1) is 8.34. The first-order valence-electron chi connectivity index (χ1n) is 4.15. The molecule has 1 rings (SSSR count). The fourth-order valence-electron chi connectivity index (χ4n) is 1.39. The average molecular weight is 153 g/mol. The Morgan fingerprint density at radius 1 is 1.73 bits per heavy atom. The molecule has 0 fully saturated rings.